The fourth-order valence-electron chi connectivity index (χ4n) is 2.20. The van der Waals surface area contributed by atoms with Gasteiger partial charge in [0.2, 0.25) is 5.91 Å². The largest absolute Gasteiger partial charge is 0.324 e. The number of rotatable bonds is 6. The van der Waals surface area contributed by atoms with Crippen LogP contribution in [0.2, 0.25) is 0 Å². The summed E-state index contributed by atoms with van der Waals surface area (Å²) in [6.07, 6.45) is 5.37. The molecular weight excluding hydrogens is 296 g/mol. The van der Waals surface area contributed by atoms with E-state index in [1.807, 2.05) is 30.3 Å². The molecule has 2 aromatic heterocycles. The summed E-state index contributed by atoms with van der Waals surface area (Å²) in [5.41, 5.74) is 1.56. The number of carbonyl (C=O) groups is 1. The van der Waals surface area contributed by atoms with Gasteiger partial charge in [0.25, 0.3) is 0 Å². The van der Waals surface area contributed by atoms with Gasteiger partial charge in [-0.1, -0.05) is 18.2 Å². The van der Waals surface area contributed by atoms with E-state index in [1.54, 1.807) is 22.3 Å². The van der Waals surface area contributed by atoms with Gasteiger partial charge < -0.3 is 5.32 Å². The zero-order chi connectivity index (χ0) is 15.2. The molecule has 0 aliphatic heterocycles. The molecule has 5 nitrogen and oxygen atoms in total. The van der Waals surface area contributed by atoms with E-state index in [0.717, 1.165) is 24.2 Å². The Morgan fingerprint density at radius 1 is 1.23 bits per heavy atom. The molecule has 0 bridgehead atoms. The maximum absolute atomic E-state index is 12.1. The molecule has 3 aromatic rings. The van der Waals surface area contributed by atoms with Gasteiger partial charge in [0.1, 0.15) is 12.7 Å². The van der Waals surface area contributed by atoms with Crippen molar-refractivity contribution in [2.75, 3.05) is 5.32 Å². The lowest BCUT2D eigenvalue weighted by Gasteiger charge is -2.10. The monoisotopic (exact) mass is 312 g/mol. The third kappa shape index (κ3) is 3.59. The molecule has 1 N–H and O–H groups in total. The second-order valence-electron chi connectivity index (χ2n) is 4.84. The van der Waals surface area contributed by atoms with E-state index < -0.39 is 0 Å². The van der Waals surface area contributed by atoms with Gasteiger partial charge in [0.15, 0.2) is 0 Å². The van der Waals surface area contributed by atoms with Gasteiger partial charge in [-0.2, -0.15) is 5.10 Å². The van der Waals surface area contributed by atoms with Crippen LogP contribution < -0.4 is 5.32 Å². The van der Waals surface area contributed by atoms with Crippen molar-refractivity contribution in [1.82, 2.24) is 14.8 Å². The topological polar surface area (TPSA) is 59.8 Å². The van der Waals surface area contributed by atoms with Crippen molar-refractivity contribution in [3.8, 4) is 5.69 Å². The standard InChI is InChI=1S/C16H16N4OS/c21-16(9-3-5-13-6-4-10-22-13)19-14-7-1-2-8-15(14)20-12-17-11-18-20/h1-2,4,6-8,10-12H,3,5,9H2,(H,19,21). The summed E-state index contributed by atoms with van der Waals surface area (Å²) < 4.78 is 1.64. The van der Waals surface area contributed by atoms with Crippen molar-refractivity contribution < 1.29 is 4.79 Å². The molecule has 6 heteroatoms. The molecule has 0 aliphatic carbocycles. The molecule has 1 amide bonds. The number of aryl methyl sites for hydroxylation is 1. The summed E-state index contributed by atoms with van der Waals surface area (Å²) in [6, 6.07) is 11.7. The molecule has 112 valence electrons. The number of hydrogen-bond donors (Lipinski definition) is 1. The maximum atomic E-state index is 12.1. The third-order valence-electron chi connectivity index (χ3n) is 3.25. The summed E-state index contributed by atoms with van der Waals surface area (Å²) in [6.45, 7) is 0. The second kappa shape index (κ2) is 7.00. The Kier molecular flexibility index (Phi) is 4.60. The molecular formula is C16H16N4OS. The highest BCUT2D eigenvalue weighted by molar-refractivity contribution is 7.09. The Balaban J connectivity index is 1.60. The molecule has 22 heavy (non-hydrogen) atoms. The first-order valence-corrected chi connectivity index (χ1v) is 7.97. The van der Waals surface area contributed by atoms with Crippen LogP contribution in [0.1, 0.15) is 17.7 Å². The molecule has 1 aromatic carbocycles. The van der Waals surface area contributed by atoms with Gasteiger partial charge in [-0.25, -0.2) is 9.67 Å². The summed E-state index contributed by atoms with van der Waals surface area (Å²) in [4.78, 5) is 17.4. The van der Waals surface area contributed by atoms with Crippen molar-refractivity contribution in [1.29, 1.82) is 0 Å². The number of amides is 1. The molecule has 0 radical (unpaired) electrons. The lowest BCUT2D eigenvalue weighted by atomic mass is 10.2. The van der Waals surface area contributed by atoms with E-state index in [-0.39, 0.29) is 5.91 Å². The lowest BCUT2D eigenvalue weighted by Crippen LogP contribution is -2.13. The van der Waals surface area contributed by atoms with E-state index >= 15 is 0 Å². The van der Waals surface area contributed by atoms with Crippen molar-refractivity contribution >= 4 is 22.9 Å². The first-order chi connectivity index (χ1) is 10.8. The van der Waals surface area contributed by atoms with Crippen molar-refractivity contribution in [3.05, 3.63) is 59.3 Å². The van der Waals surface area contributed by atoms with Crippen LogP contribution in [0.4, 0.5) is 5.69 Å². The van der Waals surface area contributed by atoms with Gasteiger partial charge in [0, 0.05) is 11.3 Å². The number of para-hydroxylation sites is 2. The molecule has 0 atom stereocenters. The first kappa shape index (κ1) is 14.5. The molecule has 0 saturated heterocycles. The highest BCUT2D eigenvalue weighted by atomic mass is 32.1. The van der Waals surface area contributed by atoms with E-state index in [9.17, 15) is 4.79 Å². The Labute approximate surface area is 132 Å². The van der Waals surface area contributed by atoms with Crippen LogP contribution in [-0.4, -0.2) is 20.7 Å². The van der Waals surface area contributed by atoms with Crippen LogP contribution in [0.25, 0.3) is 5.69 Å². The highest BCUT2D eigenvalue weighted by Gasteiger charge is 2.08. The number of benzene rings is 1. The van der Waals surface area contributed by atoms with Crippen LogP contribution in [0.5, 0.6) is 0 Å². The number of nitrogens with one attached hydrogen (secondary N) is 1. The Hall–Kier alpha value is -2.47. The Morgan fingerprint density at radius 3 is 2.91 bits per heavy atom. The second-order valence-corrected chi connectivity index (χ2v) is 5.87. The number of carbonyl (C=O) groups excluding carboxylic acids is 1. The summed E-state index contributed by atoms with van der Waals surface area (Å²) in [7, 11) is 0. The van der Waals surface area contributed by atoms with E-state index in [4.69, 9.17) is 0 Å². The molecule has 0 aliphatic rings. The van der Waals surface area contributed by atoms with Crippen LogP contribution in [0.15, 0.2) is 54.4 Å². The van der Waals surface area contributed by atoms with Crippen LogP contribution in [0.3, 0.4) is 0 Å². The van der Waals surface area contributed by atoms with Crippen molar-refractivity contribution in [2.24, 2.45) is 0 Å². The minimum atomic E-state index is 0.0177. The number of hydrogen-bond acceptors (Lipinski definition) is 4. The normalized spacial score (nSPS) is 10.5. The Morgan fingerprint density at radius 2 is 2.14 bits per heavy atom. The summed E-state index contributed by atoms with van der Waals surface area (Å²) >= 11 is 1.73. The van der Waals surface area contributed by atoms with E-state index in [2.05, 4.69) is 26.8 Å². The number of aromatic nitrogens is 3. The predicted octanol–water partition coefficient (Wildman–Crippen LogP) is 3.29. The first-order valence-electron chi connectivity index (χ1n) is 7.09. The molecule has 0 spiro atoms. The molecule has 0 fully saturated rings. The molecule has 3 rings (SSSR count). The van der Waals surface area contributed by atoms with Crippen molar-refractivity contribution in [2.45, 2.75) is 19.3 Å². The third-order valence-corrected chi connectivity index (χ3v) is 4.19. The number of nitrogens with zero attached hydrogens (tertiary/aromatic N) is 3. The smallest absolute Gasteiger partial charge is 0.224 e. The average molecular weight is 312 g/mol. The molecule has 2 heterocycles. The molecule has 0 saturated carbocycles. The summed E-state index contributed by atoms with van der Waals surface area (Å²) in [5.74, 6) is 0.0177. The minimum absolute atomic E-state index is 0.0177. The number of thiophene rings is 1. The van der Waals surface area contributed by atoms with Crippen molar-refractivity contribution in [3.63, 3.8) is 0 Å². The Bertz CT molecular complexity index is 722. The van der Waals surface area contributed by atoms with Gasteiger partial charge in [-0.3, -0.25) is 4.79 Å². The average Bonchev–Trinajstić information content (AvgIpc) is 3.21. The highest BCUT2D eigenvalue weighted by Crippen LogP contribution is 2.19. The number of anilines is 1. The zero-order valence-corrected chi connectivity index (χ0v) is 12.8. The van der Waals surface area contributed by atoms with Crippen LogP contribution in [-0.2, 0) is 11.2 Å². The van der Waals surface area contributed by atoms with Crippen LogP contribution in [0, 0.1) is 0 Å². The van der Waals surface area contributed by atoms with Gasteiger partial charge in [0.05, 0.1) is 11.4 Å². The zero-order valence-electron chi connectivity index (χ0n) is 12.0. The fourth-order valence-corrected chi connectivity index (χ4v) is 2.95. The van der Waals surface area contributed by atoms with Gasteiger partial charge in [-0.15, -0.1) is 11.3 Å². The van der Waals surface area contributed by atoms with E-state index in [1.165, 1.54) is 11.2 Å². The SMILES string of the molecule is O=C(CCCc1cccs1)Nc1ccccc1-n1cncn1. The van der Waals surface area contributed by atoms with E-state index in [0.29, 0.717) is 6.42 Å². The lowest BCUT2D eigenvalue weighted by molar-refractivity contribution is -0.116. The summed E-state index contributed by atoms with van der Waals surface area (Å²) in [5, 5.41) is 9.12. The molecule has 0 unspecified atom stereocenters. The fraction of sp³-hybridized carbons (Fsp3) is 0.188. The van der Waals surface area contributed by atoms with Crippen LogP contribution >= 0.6 is 11.3 Å². The maximum Gasteiger partial charge on any atom is 0.224 e. The quantitative estimate of drug-likeness (QED) is 0.760. The predicted molar refractivity (Wildman–Crippen MR) is 87.2 cm³/mol. The van der Waals surface area contributed by atoms with Gasteiger partial charge in [-0.05, 0) is 36.4 Å². The minimum Gasteiger partial charge on any atom is -0.324 e. The van der Waals surface area contributed by atoms with Gasteiger partial charge >= 0.3 is 0 Å².